The van der Waals surface area contributed by atoms with Crippen LogP contribution in [0.5, 0.6) is 0 Å². The van der Waals surface area contributed by atoms with Crippen molar-refractivity contribution in [3.63, 3.8) is 0 Å². The third-order valence-corrected chi connectivity index (χ3v) is 4.89. The minimum atomic E-state index is -0.0565. The van der Waals surface area contributed by atoms with Gasteiger partial charge in [-0.05, 0) is 49.8 Å². The van der Waals surface area contributed by atoms with E-state index >= 15 is 0 Å². The molecule has 4 nitrogen and oxygen atoms in total. The molecule has 3 rings (SSSR count). The highest BCUT2D eigenvalue weighted by atomic mass is 16.2. The van der Waals surface area contributed by atoms with Gasteiger partial charge in [0.05, 0.1) is 0 Å². The van der Waals surface area contributed by atoms with E-state index in [-0.39, 0.29) is 17.7 Å². The molecule has 2 N–H and O–H groups in total. The fraction of sp³-hybridized carbons (Fsp3) is 0.579. The second-order valence-corrected chi connectivity index (χ2v) is 6.89. The summed E-state index contributed by atoms with van der Waals surface area (Å²) in [5.74, 6) is 1.05. The Bertz CT molecular complexity index is 560. The highest BCUT2D eigenvalue weighted by Crippen LogP contribution is 2.30. The molecule has 0 heterocycles. The summed E-state index contributed by atoms with van der Waals surface area (Å²) >= 11 is 0. The number of carbonyl (C=O) groups is 2. The van der Waals surface area contributed by atoms with E-state index in [0.717, 1.165) is 31.7 Å². The van der Waals surface area contributed by atoms with Gasteiger partial charge < -0.3 is 10.6 Å². The number of benzene rings is 1. The average molecular weight is 314 g/mol. The lowest BCUT2D eigenvalue weighted by Crippen LogP contribution is -2.25. The van der Waals surface area contributed by atoms with Crippen molar-refractivity contribution in [2.75, 3.05) is 11.9 Å². The van der Waals surface area contributed by atoms with Crippen molar-refractivity contribution < 1.29 is 9.59 Å². The molecule has 0 bridgehead atoms. The molecule has 0 spiro atoms. The van der Waals surface area contributed by atoms with Crippen LogP contribution in [0.2, 0.25) is 0 Å². The second kappa shape index (κ2) is 7.62. The number of anilines is 1. The largest absolute Gasteiger partial charge is 0.352 e. The van der Waals surface area contributed by atoms with E-state index in [1.54, 1.807) is 12.1 Å². The van der Waals surface area contributed by atoms with Crippen LogP contribution in [0.3, 0.4) is 0 Å². The first-order chi connectivity index (χ1) is 11.2. The van der Waals surface area contributed by atoms with E-state index in [1.807, 2.05) is 12.1 Å². The van der Waals surface area contributed by atoms with Crippen LogP contribution in [0.1, 0.15) is 61.7 Å². The Balaban J connectivity index is 1.43. The van der Waals surface area contributed by atoms with Gasteiger partial charge in [0.2, 0.25) is 5.91 Å². The van der Waals surface area contributed by atoms with Crippen LogP contribution in [0, 0.1) is 11.8 Å². The molecule has 2 aliphatic rings. The van der Waals surface area contributed by atoms with Crippen LogP contribution in [-0.2, 0) is 4.79 Å². The maximum Gasteiger partial charge on any atom is 0.251 e. The molecule has 0 saturated heterocycles. The number of hydrogen-bond acceptors (Lipinski definition) is 2. The van der Waals surface area contributed by atoms with Gasteiger partial charge in [-0.25, -0.2) is 0 Å². The Morgan fingerprint density at radius 2 is 1.87 bits per heavy atom. The number of nitrogens with one attached hydrogen (secondary N) is 2. The van der Waals surface area contributed by atoms with Crippen LogP contribution in [0.4, 0.5) is 5.69 Å². The van der Waals surface area contributed by atoms with Crippen molar-refractivity contribution in [3.05, 3.63) is 29.8 Å². The van der Waals surface area contributed by atoms with E-state index in [9.17, 15) is 9.59 Å². The number of amides is 2. The van der Waals surface area contributed by atoms with Crippen molar-refractivity contribution >= 4 is 17.5 Å². The van der Waals surface area contributed by atoms with Crippen molar-refractivity contribution in [2.45, 2.75) is 51.4 Å². The normalized spacial score (nSPS) is 17.9. The molecule has 0 radical (unpaired) electrons. The van der Waals surface area contributed by atoms with Gasteiger partial charge in [-0.1, -0.05) is 31.7 Å². The third-order valence-electron chi connectivity index (χ3n) is 4.89. The topological polar surface area (TPSA) is 58.2 Å². The van der Waals surface area contributed by atoms with Crippen molar-refractivity contribution in [3.8, 4) is 0 Å². The van der Waals surface area contributed by atoms with Crippen LogP contribution >= 0.6 is 0 Å². The number of rotatable bonds is 7. The molecule has 4 heteroatoms. The lowest BCUT2D eigenvalue weighted by Gasteiger charge is -2.10. The average Bonchev–Trinajstić information content (AvgIpc) is 3.29. The fourth-order valence-corrected chi connectivity index (χ4v) is 3.32. The molecule has 0 aromatic heterocycles. The van der Waals surface area contributed by atoms with Crippen LogP contribution < -0.4 is 10.6 Å². The van der Waals surface area contributed by atoms with Crippen molar-refractivity contribution in [1.29, 1.82) is 0 Å². The Hall–Kier alpha value is -1.84. The number of carbonyl (C=O) groups excluding carboxylic acids is 2. The molecule has 1 aromatic rings. The van der Waals surface area contributed by atoms with Gasteiger partial charge in [0.1, 0.15) is 0 Å². The van der Waals surface area contributed by atoms with Crippen molar-refractivity contribution in [1.82, 2.24) is 5.32 Å². The van der Waals surface area contributed by atoms with Crippen LogP contribution in [0.25, 0.3) is 0 Å². The monoisotopic (exact) mass is 314 g/mol. The van der Waals surface area contributed by atoms with Crippen molar-refractivity contribution in [2.24, 2.45) is 11.8 Å². The minimum absolute atomic E-state index is 0.0565. The maximum absolute atomic E-state index is 12.2. The first-order valence-electron chi connectivity index (χ1n) is 8.91. The summed E-state index contributed by atoms with van der Waals surface area (Å²) in [6.45, 7) is 0.730. The smallest absolute Gasteiger partial charge is 0.251 e. The van der Waals surface area contributed by atoms with Gasteiger partial charge in [-0.15, -0.1) is 0 Å². The molecular formula is C19H26N2O2. The van der Waals surface area contributed by atoms with Gasteiger partial charge >= 0.3 is 0 Å². The maximum atomic E-state index is 12.2. The van der Waals surface area contributed by atoms with Gasteiger partial charge in [-0.3, -0.25) is 9.59 Å². The van der Waals surface area contributed by atoms with E-state index in [0.29, 0.717) is 11.3 Å². The summed E-state index contributed by atoms with van der Waals surface area (Å²) in [6.07, 6.45) is 9.69. The zero-order valence-corrected chi connectivity index (χ0v) is 13.6. The SMILES string of the molecule is O=C(NCCCC1CCCC1)c1cccc(NC(=O)C2CC2)c1. The van der Waals surface area contributed by atoms with Crippen LogP contribution in [0.15, 0.2) is 24.3 Å². The van der Waals surface area contributed by atoms with Gasteiger partial charge in [-0.2, -0.15) is 0 Å². The lowest BCUT2D eigenvalue weighted by atomic mass is 10.0. The Morgan fingerprint density at radius 1 is 1.09 bits per heavy atom. The molecule has 2 aliphatic carbocycles. The zero-order valence-electron chi connectivity index (χ0n) is 13.6. The zero-order chi connectivity index (χ0) is 16.1. The summed E-state index contributed by atoms with van der Waals surface area (Å²) in [4.78, 5) is 24.0. The molecule has 0 aliphatic heterocycles. The van der Waals surface area contributed by atoms with Gasteiger partial charge in [0, 0.05) is 23.7 Å². The quantitative estimate of drug-likeness (QED) is 0.753. The first kappa shape index (κ1) is 16.0. The highest BCUT2D eigenvalue weighted by Gasteiger charge is 2.29. The Labute approximate surface area is 138 Å². The molecule has 2 amide bonds. The predicted molar refractivity (Wildman–Crippen MR) is 91.3 cm³/mol. The summed E-state index contributed by atoms with van der Waals surface area (Å²) in [6, 6.07) is 7.19. The summed E-state index contributed by atoms with van der Waals surface area (Å²) in [5.41, 5.74) is 1.32. The summed E-state index contributed by atoms with van der Waals surface area (Å²) < 4.78 is 0. The van der Waals surface area contributed by atoms with E-state index < -0.39 is 0 Å². The van der Waals surface area contributed by atoms with Gasteiger partial charge in [0.25, 0.3) is 5.91 Å². The molecule has 2 saturated carbocycles. The lowest BCUT2D eigenvalue weighted by molar-refractivity contribution is -0.117. The second-order valence-electron chi connectivity index (χ2n) is 6.89. The molecule has 0 atom stereocenters. The molecule has 0 unspecified atom stereocenters. The Kier molecular flexibility index (Phi) is 5.31. The third kappa shape index (κ3) is 4.81. The first-order valence-corrected chi connectivity index (χ1v) is 8.91. The van der Waals surface area contributed by atoms with E-state index in [1.165, 1.54) is 32.1 Å². The minimum Gasteiger partial charge on any atom is -0.352 e. The van der Waals surface area contributed by atoms with Gasteiger partial charge in [0.15, 0.2) is 0 Å². The number of hydrogen-bond donors (Lipinski definition) is 2. The molecular weight excluding hydrogens is 288 g/mol. The Morgan fingerprint density at radius 3 is 2.61 bits per heavy atom. The molecule has 124 valence electrons. The summed E-state index contributed by atoms with van der Waals surface area (Å²) in [7, 11) is 0. The molecule has 2 fully saturated rings. The standard InChI is InChI=1S/C19H26N2O2/c22-18(20-12-4-7-14-5-1-2-6-14)16-8-3-9-17(13-16)21-19(23)15-10-11-15/h3,8-9,13-15H,1-2,4-7,10-12H2,(H,20,22)(H,21,23). The summed E-state index contributed by atoms with van der Waals surface area (Å²) in [5, 5.41) is 5.87. The van der Waals surface area contributed by atoms with E-state index in [4.69, 9.17) is 0 Å². The fourth-order valence-electron chi connectivity index (χ4n) is 3.32. The van der Waals surface area contributed by atoms with Crippen LogP contribution in [-0.4, -0.2) is 18.4 Å². The predicted octanol–water partition coefficient (Wildman–Crippen LogP) is 3.74. The molecule has 23 heavy (non-hydrogen) atoms. The highest BCUT2D eigenvalue weighted by molar-refractivity contribution is 5.98. The van der Waals surface area contributed by atoms with E-state index in [2.05, 4.69) is 10.6 Å². The molecule has 1 aromatic carbocycles.